The predicted molar refractivity (Wildman–Crippen MR) is 80.1 cm³/mol. The van der Waals surface area contributed by atoms with Gasteiger partial charge in [0, 0.05) is 24.7 Å². The fraction of sp³-hybridized carbons (Fsp3) is 1.00. The van der Waals surface area contributed by atoms with Gasteiger partial charge in [0.05, 0.1) is 0 Å². The summed E-state index contributed by atoms with van der Waals surface area (Å²) in [5.74, 6) is 0.847. The third kappa shape index (κ3) is 3.69. The van der Waals surface area contributed by atoms with Crippen molar-refractivity contribution in [3.8, 4) is 0 Å². The SMILES string of the molecule is CCNC(C)C(C)(CC)N(C)CC1CCN(C)C1. The minimum atomic E-state index is 0.261. The van der Waals surface area contributed by atoms with Crippen LogP contribution in [-0.4, -0.2) is 61.7 Å². The van der Waals surface area contributed by atoms with Crippen LogP contribution in [0.15, 0.2) is 0 Å². The first kappa shape index (κ1) is 15.9. The number of hydrogen-bond donors (Lipinski definition) is 1. The highest BCUT2D eigenvalue weighted by Crippen LogP contribution is 2.25. The molecule has 3 heteroatoms. The Bertz CT molecular complexity index is 244. The Balaban J connectivity index is 2.57. The van der Waals surface area contributed by atoms with Crippen molar-refractivity contribution in [1.29, 1.82) is 0 Å². The molecule has 0 aromatic carbocycles. The van der Waals surface area contributed by atoms with Gasteiger partial charge in [0.1, 0.15) is 0 Å². The first-order valence-corrected chi connectivity index (χ1v) is 7.57. The largest absolute Gasteiger partial charge is 0.313 e. The summed E-state index contributed by atoms with van der Waals surface area (Å²) in [5.41, 5.74) is 0.261. The lowest BCUT2D eigenvalue weighted by molar-refractivity contribution is 0.0786. The third-order valence-electron chi connectivity index (χ3n) is 5.05. The summed E-state index contributed by atoms with van der Waals surface area (Å²) in [4.78, 5) is 5.04. The molecule has 1 saturated heterocycles. The normalized spacial score (nSPS) is 26.5. The Morgan fingerprint density at radius 3 is 2.56 bits per heavy atom. The maximum Gasteiger partial charge on any atom is 0.0326 e. The molecular formula is C15H33N3. The molecule has 3 atom stereocenters. The molecule has 1 aliphatic rings. The molecule has 3 unspecified atom stereocenters. The molecule has 1 heterocycles. The number of nitrogens with zero attached hydrogens (tertiary/aromatic N) is 2. The number of likely N-dealkylation sites (tertiary alicyclic amines) is 1. The second kappa shape index (κ2) is 6.88. The van der Waals surface area contributed by atoms with Crippen LogP contribution in [0, 0.1) is 5.92 Å². The summed E-state index contributed by atoms with van der Waals surface area (Å²) in [5, 5.41) is 3.60. The monoisotopic (exact) mass is 255 g/mol. The van der Waals surface area contributed by atoms with Gasteiger partial charge in [-0.15, -0.1) is 0 Å². The molecule has 0 aromatic heterocycles. The maximum atomic E-state index is 3.60. The van der Waals surface area contributed by atoms with Crippen LogP contribution in [0.3, 0.4) is 0 Å². The Labute approximate surface area is 114 Å². The van der Waals surface area contributed by atoms with Gasteiger partial charge in [-0.3, -0.25) is 4.90 Å². The zero-order chi connectivity index (χ0) is 13.8. The molecule has 1 rings (SSSR count). The van der Waals surface area contributed by atoms with Gasteiger partial charge < -0.3 is 10.2 Å². The average molecular weight is 255 g/mol. The fourth-order valence-electron chi connectivity index (χ4n) is 3.20. The topological polar surface area (TPSA) is 18.5 Å². The standard InChI is InChI=1S/C15H33N3/c1-7-15(4,13(3)16-8-2)18(6)12-14-9-10-17(5)11-14/h13-14,16H,7-12H2,1-6H3. The van der Waals surface area contributed by atoms with Crippen molar-refractivity contribution < 1.29 is 0 Å². The lowest BCUT2D eigenvalue weighted by Crippen LogP contribution is -2.57. The molecule has 0 saturated carbocycles. The molecule has 108 valence electrons. The molecule has 3 nitrogen and oxygen atoms in total. The van der Waals surface area contributed by atoms with E-state index in [1.807, 2.05) is 0 Å². The van der Waals surface area contributed by atoms with Crippen molar-refractivity contribution in [1.82, 2.24) is 15.1 Å². The third-order valence-corrected chi connectivity index (χ3v) is 5.05. The molecule has 0 bridgehead atoms. The molecule has 1 N–H and O–H groups in total. The van der Waals surface area contributed by atoms with E-state index in [0.29, 0.717) is 6.04 Å². The first-order valence-electron chi connectivity index (χ1n) is 7.57. The number of likely N-dealkylation sites (N-methyl/N-ethyl adjacent to an activating group) is 2. The van der Waals surface area contributed by atoms with Crippen LogP contribution >= 0.6 is 0 Å². The zero-order valence-corrected chi connectivity index (χ0v) is 13.3. The van der Waals surface area contributed by atoms with Crippen molar-refractivity contribution >= 4 is 0 Å². The van der Waals surface area contributed by atoms with Crippen LogP contribution in [0.5, 0.6) is 0 Å². The van der Waals surface area contributed by atoms with Crippen molar-refractivity contribution in [3.63, 3.8) is 0 Å². The van der Waals surface area contributed by atoms with Crippen molar-refractivity contribution in [2.24, 2.45) is 5.92 Å². The Morgan fingerprint density at radius 1 is 1.44 bits per heavy atom. The molecule has 0 amide bonds. The number of hydrogen-bond acceptors (Lipinski definition) is 3. The lowest BCUT2D eigenvalue weighted by Gasteiger charge is -2.44. The smallest absolute Gasteiger partial charge is 0.0326 e. The van der Waals surface area contributed by atoms with Crippen molar-refractivity contribution in [2.75, 3.05) is 40.3 Å². The second-order valence-corrected chi connectivity index (χ2v) is 6.29. The maximum absolute atomic E-state index is 3.60. The number of nitrogens with one attached hydrogen (secondary N) is 1. The van der Waals surface area contributed by atoms with E-state index in [9.17, 15) is 0 Å². The summed E-state index contributed by atoms with van der Waals surface area (Å²) in [6, 6.07) is 0.539. The Morgan fingerprint density at radius 2 is 2.11 bits per heavy atom. The van der Waals surface area contributed by atoms with Crippen LogP contribution in [0.2, 0.25) is 0 Å². The van der Waals surface area contributed by atoms with Crippen LogP contribution in [-0.2, 0) is 0 Å². The van der Waals surface area contributed by atoms with Crippen LogP contribution in [0.25, 0.3) is 0 Å². The average Bonchev–Trinajstić information content (AvgIpc) is 2.73. The summed E-state index contributed by atoms with van der Waals surface area (Å²) >= 11 is 0. The summed E-state index contributed by atoms with van der Waals surface area (Å²) in [6.45, 7) is 14.0. The second-order valence-electron chi connectivity index (χ2n) is 6.29. The number of rotatable bonds is 7. The molecule has 0 spiro atoms. The summed E-state index contributed by atoms with van der Waals surface area (Å²) in [7, 11) is 4.54. The molecule has 18 heavy (non-hydrogen) atoms. The molecule has 0 aliphatic carbocycles. The van der Waals surface area contributed by atoms with Crippen LogP contribution < -0.4 is 5.32 Å². The van der Waals surface area contributed by atoms with Gasteiger partial charge >= 0.3 is 0 Å². The quantitative estimate of drug-likeness (QED) is 0.751. The van der Waals surface area contributed by atoms with Gasteiger partial charge in [0.15, 0.2) is 0 Å². The van der Waals surface area contributed by atoms with E-state index >= 15 is 0 Å². The van der Waals surface area contributed by atoms with E-state index in [4.69, 9.17) is 0 Å². The highest BCUT2D eigenvalue weighted by Gasteiger charge is 2.35. The fourth-order valence-corrected chi connectivity index (χ4v) is 3.20. The minimum absolute atomic E-state index is 0.261. The van der Waals surface area contributed by atoms with E-state index in [1.165, 1.54) is 32.5 Å². The van der Waals surface area contributed by atoms with Gasteiger partial charge in [0.2, 0.25) is 0 Å². The van der Waals surface area contributed by atoms with Gasteiger partial charge in [-0.05, 0) is 59.8 Å². The van der Waals surface area contributed by atoms with Crippen molar-refractivity contribution in [3.05, 3.63) is 0 Å². The van der Waals surface area contributed by atoms with Gasteiger partial charge in [-0.25, -0.2) is 0 Å². The van der Waals surface area contributed by atoms with E-state index < -0.39 is 0 Å². The zero-order valence-electron chi connectivity index (χ0n) is 13.3. The molecule has 0 aromatic rings. The van der Waals surface area contributed by atoms with Gasteiger partial charge in [-0.1, -0.05) is 13.8 Å². The lowest BCUT2D eigenvalue weighted by atomic mass is 9.87. The molecule has 1 aliphatic heterocycles. The molecule has 1 fully saturated rings. The summed E-state index contributed by atoms with van der Waals surface area (Å²) < 4.78 is 0. The Kier molecular flexibility index (Phi) is 6.09. The molecular weight excluding hydrogens is 222 g/mol. The van der Waals surface area contributed by atoms with E-state index in [1.54, 1.807) is 0 Å². The van der Waals surface area contributed by atoms with E-state index in [-0.39, 0.29) is 5.54 Å². The van der Waals surface area contributed by atoms with Crippen molar-refractivity contribution in [2.45, 2.75) is 52.1 Å². The first-order chi connectivity index (χ1) is 8.43. The van der Waals surface area contributed by atoms with E-state index in [0.717, 1.165) is 12.5 Å². The highest BCUT2D eigenvalue weighted by molar-refractivity contribution is 4.93. The van der Waals surface area contributed by atoms with E-state index in [2.05, 4.69) is 56.9 Å². The van der Waals surface area contributed by atoms with Crippen LogP contribution in [0.1, 0.15) is 40.5 Å². The Hall–Kier alpha value is -0.120. The van der Waals surface area contributed by atoms with Crippen LogP contribution in [0.4, 0.5) is 0 Å². The predicted octanol–water partition coefficient (Wildman–Crippen LogP) is 2.04. The minimum Gasteiger partial charge on any atom is -0.313 e. The van der Waals surface area contributed by atoms with Gasteiger partial charge in [0.25, 0.3) is 0 Å². The summed E-state index contributed by atoms with van der Waals surface area (Å²) in [6.07, 6.45) is 2.55. The molecule has 0 radical (unpaired) electrons. The highest BCUT2D eigenvalue weighted by atomic mass is 15.2. The van der Waals surface area contributed by atoms with Gasteiger partial charge in [-0.2, -0.15) is 0 Å².